The van der Waals surface area contributed by atoms with Gasteiger partial charge in [0.15, 0.2) is 0 Å². The van der Waals surface area contributed by atoms with Gasteiger partial charge in [-0.3, -0.25) is 11.3 Å². The van der Waals surface area contributed by atoms with Crippen LogP contribution in [0.3, 0.4) is 0 Å². The zero-order valence-corrected chi connectivity index (χ0v) is 11.5. The molecule has 0 amide bonds. The largest absolute Gasteiger partial charge is 0.271 e. The maximum Gasteiger partial charge on any atom is 0.0462 e. The van der Waals surface area contributed by atoms with Crippen LogP contribution < -0.4 is 11.3 Å². The minimum absolute atomic E-state index is 0.324. The molecule has 1 aliphatic rings. The number of rotatable bonds is 6. The molecule has 0 saturated heterocycles. The molecule has 0 bridgehead atoms. The Morgan fingerprint density at radius 2 is 2.11 bits per heavy atom. The lowest BCUT2D eigenvalue weighted by Gasteiger charge is -2.20. The summed E-state index contributed by atoms with van der Waals surface area (Å²) >= 11 is 0. The molecule has 1 aliphatic carbocycles. The minimum atomic E-state index is 0.324. The van der Waals surface area contributed by atoms with E-state index in [0.717, 1.165) is 12.3 Å². The van der Waals surface area contributed by atoms with Crippen LogP contribution in [0.5, 0.6) is 0 Å². The molecule has 1 aromatic rings. The Bertz CT molecular complexity index is 356. The highest BCUT2D eigenvalue weighted by Crippen LogP contribution is 2.32. The fourth-order valence-electron chi connectivity index (χ4n) is 3.13. The van der Waals surface area contributed by atoms with Crippen molar-refractivity contribution in [3.8, 4) is 0 Å². The molecular weight excluding hydrogens is 220 g/mol. The molecule has 1 unspecified atom stereocenters. The summed E-state index contributed by atoms with van der Waals surface area (Å²) in [5, 5.41) is 0. The lowest BCUT2D eigenvalue weighted by molar-refractivity contribution is 0.400. The van der Waals surface area contributed by atoms with E-state index >= 15 is 0 Å². The average Bonchev–Trinajstić information content (AvgIpc) is 2.89. The van der Waals surface area contributed by atoms with Gasteiger partial charge < -0.3 is 0 Å². The molecule has 1 aromatic carbocycles. The van der Waals surface area contributed by atoms with Crippen LogP contribution in [0.25, 0.3) is 0 Å². The van der Waals surface area contributed by atoms with Gasteiger partial charge in [0.1, 0.15) is 0 Å². The van der Waals surface area contributed by atoms with Crippen LogP contribution in [0.4, 0.5) is 0 Å². The van der Waals surface area contributed by atoms with E-state index in [2.05, 4.69) is 36.6 Å². The molecule has 18 heavy (non-hydrogen) atoms. The molecule has 2 heteroatoms. The van der Waals surface area contributed by atoms with Gasteiger partial charge in [0.2, 0.25) is 0 Å². The van der Waals surface area contributed by atoms with Crippen LogP contribution in [0, 0.1) is 5.92 Å². The molecule has 0 aliphatic heterocycles. The number of benzene rings is 1. The van der Waals surface area contributed by atoms with Crippen molar-refractivity contribution in [2.45, 2.75) is 57.9 Å². The molecule has 2 rings (SSSR count). The Balaban J connectivity index is 2.03. The summed E-state index contributed by atoms with van der Waals surface area (Å²) in [6.07, 6.45) is 9.11. The summed E-state index contributed by atoms with van der Waals surface area (Å²) in [5.41, 5.74) is 5.80. The number of hydrogen-bond donors (Lipinski definition) is 2. The first kappa shape index (κ1) is 13.6. The molecular formula is C16H26N2. The molecule has 0 heterocycles. The molecule has 3 N–H and O–H groups in total. The zero-order valence-electron chi connectivity index (χ0n) is 11.5. The minimum Gasteiger partial charge on any atom is -0.271 e. The third-order valence-electron chi connectivity index (χ3n) is 4.14. The van der Waals surface area contributed by atoms with E-state index in [1.807, 2.05) is 0 Å². The van der Waals surface area contributed by atoms with Gasteiger partial charge in [-0.15, -0.1) is 0 Å². The van der Waals surface area contributed by atoms with Crippen molar-refractivity contribution >= 4 is 0 Å². The summed E-state index contributed by atoms with van der Waals surface area (Å²) in [4.78, 5) is 0. The van der Waals surface area contributed by atoms with Crippen LogP contribution in [-0.2, 0) is 6.42 Å². The second-order valence-corrected chi connectivity index (χ2v) is 5.60. The van der Waals surface area contributed by atoms with E-state index in [1.165, 1.54) is 49.7 Å². The standard InChI is InChI=1S/C16H26N2/c1-2-6-13-9-5-10-15(11-13)16(18-17)12-14-7-3-4-8-14/h5,9-11,14,16,18H,2-4,6-8,12,17H2,1H3. The van der Waals surface area contributed by atoms with Crippen molar-refractivity contribution < 1.29 is 0 Å². The maximum atomic E-state index is 5.76. The molecule has 2 nitrogen and oxygen atoms in total. The molecule has 0 aromatic heterocycles. The SMILES string of the molecule is CCCc1cccc(C(CC2CCCC2)NN)c1. The zero-order chi connectivity index (χ0) is 12.8. The molecule has 100 valence electrons. The highest BCUT2D eigenvalue weighted by molar-refractivity contribution is 5.26. The summed E-state index contributed by atoms with van der Waals surface area (Å²) in [5.74, 6) is 6.62. The number of nitrogens with two attached hydrogens (primary N) is 1. The van der Waals surface area contributed by atoms with Gasteiger partial charge in [-0.05, 0) is 29.9 Å². The van der Waals surface area contributed by atoms with E-state index in [4.69, 9.17) is 5.84 Å². The molecule has 1 fully saturated rings. The summed E-state index contributed by atoms with van der Waals surface area (Å²) in [7, 11) is 0. The van der Waals surface area contributed by atoms with Crippen molar-refractivity contribution in [2.24, 2.45) is 11.8 Å². The van der Waals surface area contributed by atoms with Gasteiger partial charge in [0.05, 0.1) is 0 Å². The number of hydrazine groups is 1. The Morgan fingerprint density at radius 1 is 1.33 bits per heavy atom. The number of nitrogens with one attached hydrogen (secondary N) is 1. The van der Waals surface area contributed by atoms with E-state index in [9.17, 15) is 0 Å². The predicted octanol–water partition coefficient (Wildman–Crippen LogP) is 3.72. The van der Waals surface area contributed by atoms with Gasteiger partial charge in [0.25, 0.3) is 0 Å². The van der Waals surface area contributed by atoms with Crippen molar-refractivity contribution in [3.05, 3.63) is 35.4 Å². The molecule has 0 spiro atoms. The van der Waals surface area contributed by atoms with Crippen LogP contribution in [0.1, 0.15) is 62.6 Å². The quantitative estimate of drug-likeness (QED) is 0.593. The van der Waals surface area contributed by atoms with Crippen LogP contribution in [0.15, 0.2) is 24.3 Å². The molecule has 1 saturated carbocycles. The topological polar surface area (TPSA) is 38.0 Å². The highest BCUT2D eigenvalue weighted by Gasteiger charge is 2.20. The van der Waals surface area contributed by atoms with Crippen LogP contribution >= 0.6 is 0 Å². The van der Waals surface area contributed by atoms with Crippen molar-refractivity contribution in [1.29, 1.82) is 0 Å². The van der Waals surface area contributed by atoms with Gasteiger partial charge in [-0.1, -0.05) is 63.3 Å². The summed E-state index contributed by atoms with van der Waals surface area (Å²) in [6.45, 7) is 2.23. The normalized spacial score (nSPS) is 18.1. The third kappa shape index (κ3) is 3.56. The lowest BCUT2D eigenvalue weighted by Crippen LogP contribution is -2.29. The van der Waals surface area contributed by atoms with Crippen molar-refractivity contribution in [1.82, 2.24) is 5.43 Å². The Hall–Kier alpha value is -0.860. The first-order valence-electron chi connectivity index (χ1n) is 7.38. The van der Waals surface area contributed by atoms with Gasteiger partial charge in [0, 0.05) is 6.04 Å². The number of hydrogen-bond acceptors (Lipinski definition) is 2. The van der Waals surface area contributed by atoms with Crippen LogP contribution in [0.2, 0.25) is 0 Å². The van der Waals surface area contributed by atoms with E-state index in [0.29, 0.717) is 6.04 Å². The Morgan fingerprint density at radius 3 is 2.78 bits per heavy atom. The Kier molecular flexibility index (Phi) is 5.21. The van der Waals surface area contributed by atoms with E-state index in [1.54, 1.807) is 0 Å². The van der Waals surface area contributed by atoms with Gasteiger partial charge in [-0.2, -0.15) is 0 Å². The second kappa shape index (κ2) is 6.91. The van der Waals surface area contributed by atoms with Crippen LogP contribution in [-0.4, -0.2) is 0 Å². The second-order valence-electron chi connectivity index (χ2n) is 5.60. The fourth-order valence-corrected chi connectivity index (χ4v) is 3.13. The smallest absolute Gasteiger partial charge is 0.0462 e. The van der Waals surface area contributed by atoms with Gasteiger partial charge >= 0.3 is 0 Å². The van der Waals surface area contributed by atoms with E-state index in [-0.39, 0.29) is 0 Å². The van der Waals surface area contributed by atoms with Gasteiger partial charge in [-0.25, -0.2) is 0 Å². The highest BCUT2D eigenvalue weighted by atomic mass is 15.2. The Labute approximate surface area is 111 Å². The molecule has 1 atom stereocenters. The fraction of sp³-hybridized carbons (Fsp3) is 0.625. The molecule has 0 radical (unpaired) electrons. The van der Waals surface area contributed by atoms with E-state index < -0.39 is 0 Å². The third-order valence-corrected chi connectivity index (χ3v) is 4.14. The first-order chi connectivity index (χ1) is 8.83. The summed E-state index contributed by atoms with van der Waals surface area (Å²) < 4.78 is 0. The van der Waals surface area contributed by atoms with Crippen molar-refractivity contribution in [2.75, 3.05) is 0 Å². The lowest BCUT2D eigenvalue weighted by atomic mass is 9.93. The summed E-state index contributed by atoms with van der Waals surface area (Å²) in [6, 6.07) is 9.24. The monoisotopic (exact) mass is 246 g/mol. The first-order valence-corrected chi connectivity index (χ1v) is 7.38. The maximum absolute atomic E-state index is 5.76. The predicted molar refractivity (Wildman–Crippen MR) is 77.1 cm³/mol. The van der Waals surface area contributed by atoms with Crippen molar-refractivity contribution in [3.63, 3.8) is 0 Å². The number of aryl methyl sites for hydroxylation is 1. The average molecular weight is 246 g/mol.